The Morgan fingerprint density at radius 1 is 1.35 bits per heavy atom. The zero-order chi connectivity index (χ0) is 14.1. The number of rotatable bonds is 5. The molecule has 20 heavy (non-hydrogen) atoms. The molecular weight excluding hydrogens is 266 g/mol. The predicted octanol–water partition coefficient (Wildman–Crippen LogP) is 2.44. The summed E-state index contributed by atoms with van der Waals surface area (Å²) in [5.74, 6) is 0. The van der Waals surface area contributed by atoms with Crippen molar-refractivity contribution in [2.24, 2.45) is 0 Å². The molecule has 1 saturated heterocycles. The third kappa shape index (κ3) is 3.61. The molecule has 1 unspecified atom stereocenters. The van der Waals surface area contributed by atoms with Crippen LogP contribution in [-0.2, 0) is 13.1 Å². The molecule has 3 nitrogen and oxygen atoms in total. The maximum Gasteiger partial charge on any atom is 0.0302 e. The lowest BCUT2D eigenvalue weighted by Gasteiger charge is -2.38. The van der Waals surface area contributed by atoms with Crippen LogP contribution in [0.2, 0.25) is 0 Å². The molecule has 2 aliphatic rings. The number of nitrogens with one attached hydrogen (secondary N) is 1. The number of hydrogen-bond donors (Lipinski definition) is 1. The molecule has 4 heteroatoms. The Labute approximate surface area is 127 Å². The number of aryl methyl sites for hydroxylation is 1. The van der Waals surface area contributed by atoms with Gasteiger partial charge in [0, 0.05) is 54.6 Å². The third-order valence-electron chi connectivity index (χ3n) is 4.56. The standard InChI is InChI=1S/C16H27N3S/c1-12-10-18(3)6-7-19(12)11-14-8-16(20-13(14)2)9-17-15-4-5-15/h8,12,15,17H,4-7,9-11H2,1-3H3. The van der Waals surface area contributed by atoms with Gasteiger partial charge in [0.2, 0.25) is 0 Å². The monoisotopic (exact) mass is 293 g/mol. The first-order chi connectivity index (χ1) is 9.61. The van der Waals surface area contributed by atoms with E-state index in [4.69, 9.17) is 0 Å². The van der Waals surface area contributed by atoms with Gasteiger partial charge in [-0.1, -0.05) is 0 Å². The van der Waals surface area contributed by atoms with Crippen LogP contribution in [-0.4, -0.2) is 48.6 Å². The lowest BCUT2D eigenvalue weighted by molar-refractivity contribution is 0.0938. The average Bonchev–Trinajstić information content (AvgIpc) is 3.16. The summed E-state index contributed by atoms with van der Waals surface area (Å²) in [4.78, 5) is 8.08. The van der Waals surface area contributed by atoms with Crippen molar-refractivity contribution in [3.8, 4) is 0 Å². The van der Waals surface area contributed by atoms with Gasteiger partial charge >= 0.3 is 0 Å². The minimum Gasteiger partial charge on any atom is -0.309 e. The molecule has 1 aliphatic heterocycles. The Balaban J connectivity index is 1.58. The fraction of sp³-hybridized carbons (Fsp3) is 0.750. The van der Waals surface area contributed by atoms with Crippen LogP contribution in [0.25, 0.3) is 0 Å². The Bertz CT molecular complexity index is 453. The van der Waals surface area contributed by atoms with E-state index in [9.17, 15) is 0 Å². The second-order valence-corrected chi connectivity index (χ2v) is 7.87. The van der Waals surface area contributed by atoms with Crippen LogP contribution in [0.15, 0.2) is 6.07 Å². The van der Waals surface area contributed by atoms with E-state index in [-0.39, 0.29) is 0 Å². The quantitative estimate of drug-likeness (QED) is 0.899. The molecule has 0 radical (unpaired) electrons. The van der Waals surface area contributed by atoms with Crippen molar-refractivity contribution in [3.05, 3.63) is 21.4 Å². The van der Waals surface area contributed by atoms with Crippen molar-refractivity contribution in [3.63, 3.8) is 0 Å². The summed E-state index contributed by atoms with van der Waals surface area (Å²) < 4.78 is 0. The summed E-state index contributed by atoms with van der Waals surface area (Å²) in [7, 11) is 2.23. The smallest absolute Gasteiger partial charge is 0.0302 e. The Hall–Kier alpha value is -0.420. The highest BCUT2D eigenvalue weighted by molar-refractivity contribution is 7.12. The molecular formula is C16H27N3S. The minimum atomic E-state index is 0.668. The van der Waals surface area contributed by atoms with Crippen LogP contribution in [0.3, 0.4) is 0 Å². The Morgan fingerprint density at radius 3 is 2.85 bits per heavy atom. The summed E-state index contributed by atoms with van der Waals surface area (Å²) in [6.45, 7) is 10.4. The molecule has 1 N–H and O–H groups in total. The predicted molar refractivity (Wildman–Crippen MR) is 86.3 cm³/mol. The number of nitrogens with zero attached hydrogens (tertiary/aromatic N) is 2. The molecule has 1 atom stereocenters. The fourth-order valence-corrected chi connectivity index (χ4v) is 4.00. The molecule has 1 aliphatic carbocycles. The summed E-state index contributed by atoms with van der Waals surface area (Å²) in [5.41, 5.74) is 1.54. The molecule has 0 spiro atoms. The highest BCUT2D eigenvalue weighted by Gasteiger charge is 2.23. The molecule has 1 aromatic rings. The van der Waals surface area contributed by atoms with Crippen LogP contribution < -0.4 is 5.32 Å². The third-order valence-corrected chi connectivity index (χ3v) is 5.65. The normalized spacial score (nSPS) is 25.2. The second kappa shape index (κ2) is 6.14. The molecule has 0 amide bonds. The number of hydrogen-bond acceptors (Lipinski definition) is 4. The van der Waals surface area contributed by atoms with E-state index >= 15 is 0 Å². The fourth-order valence-electron chi connectivity index (χ4n) is 3.00. The van der Waals surface area contributed by atoms with E-state index in [0.29, 0.717) is 6.04 Å². The summed E-state index contributed by atoms with van der Waals surface area (Å²) in [5, 5.41) is 3.62. The highest BCUT2D eigenvalue weighted by Crippen LogP contribution is 2.26. The van der Waals surface area contributed by atoms with Crippen LogP contribution in [0.5, 0.6) is 0 Å². The van der Waals surface area contributed by atoms with Gasteiger partial charge in [0.05, 0.1) is 0 Å². The van der Waals surface area contributed by atoms with E-state index in [1.807, 2.05) is 11.3 Å². The van der Waals surface area contributed by atoms with Gasteiger partial charge in [-0.05, 0) is 45.4 Å². The van der Waals surface area contributed by atoms with Gasteiger partial charge in [0.15, 0.2) is 0 Å². The van der Waals surface area contributed by atoms with Crippen molar-refractivity contribution in [2.45, 2.75) is 51.9 Å². The van der Waals surface area contributed by atoms with Crippen molar-refractivity contribution >= 4 is 11.3 Å². The van der Waals surface area contributed by atoms with Crippen LogP contribution in [0.4, 0.5) is 0 Å². The highest BCUT2D eigenvalue weighted by atomic mass is 32.1. The van der Waals surface area contributed by atoms with Crippen molar-refractivity contribution in [1.29, 1.82) is 0 Å². The second-order valence-electron chi connectivity index (χ2n) is 6.53. The van der Waals surface area contributed by atoms with Crippen molar-refractivity contribution < 1.29 is 0 Å². The van der Waals surface area contributed by atoms with Gasteiger partial charge in [-0.25, -0.2) is 0 Å². The molecule has 2 heterocycles. The van der Waals surface area contributed by atoms with Gasteiger partial charge in [-0.15, -0.1) is 11.3 Å². The zero-order valence-electron chi connectivity index (χ0n) is 13.0. The summed E-state index contributed by atoms with van der Waals surface area (Å²) in [6.07, 6.45) is 2.74. The van der Waals surface area contributed by atoms with E-state index < -0.39 is 0 Å². The first-order valence-electron chi connectivity index (χ1n) is 7.86. The van der Waals surface area contributed by atoms with Gasteiger partial charge in [-0.3, -0.25) is 4.90 Å². The van der Waals surface area contributed by atoms with Crippen molar-refractivity contribution in [1.82, 2.24) is 15.1 Å². The first kappa shape index (κ1) is 14.5. The summed E-state index contributed by atoms with van der Waals surface area (Å²) in [6, 6.07) is 3.90. The van der Waals surface area contributed by atoms with Gasteiger partial charge in [-0.2, -0.15) is 0 Å². The minimum absolute atomic E-state index is 0.668. The number of piperazine rings is 1. The SMILES string of the molecule is Cc1sc(CNC2CC2)cc1CN1CCN(C)CC1C. The molecule has 3 rings (SSSR count). The maximum atomic E-state index is 3.62. The van der Waals surface area contributed by atoms with Crippen molar-refractivity contribution in [2.75, 3.05) is 26.7 Å². The maximum absolute atomic E-state index is 3.62. The molecule has 1 aromatic heterocycles. The molecule has 2 fully saturated rings. The topological polar surface area (TPSA) is 18.5 Å². The molecule has 0 aromatic carbocycles. The van der Waals surface area contributed by atoms with Crippen LogP contribution >= 0.6 is 11.3 Å². The van der Waals surface area contributed by atoms with E-state index in [1.54, 1.807) is 5.56 Å². The molecule has 1 saturated carbocycles. The Morgan fingerprint density at radius 2 is 2.15 bits per heavy atom. The average molecular weight is 293 g/mol. The van der Waals surface area contributed by atoms with E-state index in [2.05, 4.69) is 42.1 Å². The van der Waals surface area contributed by atoms with E-state index in [0.717, 1.165) is 19.1 Å². The Kier molecular flexibility index (Phi) is 4.46. The van der Waals surface area contributed by atoms with Gasteiger partial charge < -0.3 is 10.2 Å². The van der Waals surface area contributed by atoms with Crippen LogP contribution in [0, 0.1) is 6.92 Å². The molecule has 0 bridgehead atoms. The first-order valence-corrected chi connectivity index (χ1v) is 8.67. The molecule has 112 valence electrons. The largest absolute Gasteiger partial charge is 0.309 e. The zero-order valence-corrected chi connectivity index (χ0v) is 13.8. The van der Waals surface area contributed by atoms with Gasteiger partial charge in [0.1, 0.15) is 0 Å². The van der Waals surface area contributed by atoms with E-state index in [1.165, 1.54) is 42.2 Å². The lowest BCUT2D eigenvalue weighted by Crippen LogP contribution is -2.49. The van der Waals surface area contributed by atoms with Gasteiger partial charge in [0.25, 0.3) is 0 Å². The number of thiophene rings is 1. The lowest BCUT2D eigenvalue weighted by atomic mass is 10.1. The summed E-state index contributed by atoms with van der Waals surface area (Å²) >= 11 is 1.97. The number of likely N-dealkylation sites (N-methyl/N-ethyl adjacent to an activating group) is 1. The van der Waals surface area contributed by atoms with Crippen LogP contribution in [0.1, 0.15) is 35.1 Å².